The number of aryl methyl sites for hydroxylation is 1. The van der Waals surface area contributed by atoms with Gasteiger partial charge < -0.3 is 28.2 Å². The standard InChI is InChI=1S/C60H39N8O.Pt/c1-38-33-57(68-53-26-12-7-21-46(53)47-30-29-41(35-56(47)68)69-40-16-13-15-39(34-40)65-37-64(2)59-60(65)62-32-31-61-59)63-36-48(38)58-54(66-49-22-8-3-17-42(49)43-18-4-9-23-50(43)66)27-14-28-55(58)67-51-24-10-5-19-44(51)45-20-6-11-25-52(45)67;/h3-33,36-37H,1-2H3;/q-3;. The molecule has 0 atom stereocenters. The van der Waals surface area contributed by atoms with E-state index in [2.05, 4.69) is 201 Å². The summed E-state index contributed by atoms with van der Waals surface area (Å²) < 4.78 is 13.6. The molecule has 338 valence electrons. The molecule has 0 fully saturated rings. The van der Waals surface area contributed by atoms with Crippen molar-refractivity contribution in [2.45, 2.75) is 6.92 Å². The predicted molar refractivity (Wildman–Crippen MR) is 278 cm³/mol. The van der Waals surface area contributed by atoms with Crippen LogP contribution >= 0.6 is 0 Å². The molecule has 0 bridgehead atoms. The largest absolute Gasteiger partial charge is 0.509 e. The maximum absolute atomic E-state index is 6.57. The van der Waals surface area contributed by atoms with Crippen molar-refractivity contribution in [2.75, 3.05) is 16.8 Å². The summed E-state index contributed by atoms with van der Waals surface area (Å²) in [6.07, 6.45) is 5.46. The molecule has 14 rings (SSSR count). The van der Waals surface area contributed by atoms with Gasteiger partial charge in [-0.05, 0) is 73.5 Å². The zero-order chi connectivity index (χ0) is 45.7. The van der Waals surface area contributed by atoms with Gasteiger partial charge in [0.1, 0.15) is 17.5 Å². The Bertz CT molecular complexity index is 3990. The molecule has 0 amide bonds. The van der Waals surface area contributed by atoms with E-state index in [-0.39, 0.29) is 21.1 Å². The number of fused-ring (bicyclic) bond motifs is 10. The van der Waals surface area contributed by atoms with Crippen LogP contribution in [-0.2, 0) is 21.1 Å². The third kappa shape index (κ3) is 6.31. The number of hydrogen-bond acceptors (Lipinski definition) is 6. The Labute approximate surface area is 417 Å². The fourth-order valence-corrected chi connectivity index (χ4v) is 10.6. The van der Waals surface area contributed by atoms with Gasteiger partial charge in [-0.2, -0.15) is 12.1 Å². The van der Waals surface area contributed by atoms with Crippen molar-refractivity contribution >= 4 is 82.7 Å². The number of hydrogen-bond donors (Lipinski definition) is 0. The SMILES string of the molecule is Cc1cc(-n2c3[c-]c(Oc4[c-]c(N5[CH-]N(C)c6nccnc65)ccc4)ccc3c3ccccc32)ncc1-c1c(-n2c3ccccc3c3ccccc32)cccc1-n1c2ccccc2c2ccccc21.[Pt]. The van der Waals surface area contributed by atoms with Gasteiger partial charge in [-0.3, -0.25) is 0 Å². The van der Waals surface area contributed by atoms with Crippen LogP contribution in [0.25, 0.3) is 93.7 Å². The summed E-state index contributed by atoms with van der Waals surface area (Å²) in [7, 11) is 1.96. The van der Waals surface area contributed by atoms with Crippen LogP contribution in [0.3, 0.4) is 0 Å². The first-order valence-corrected chi connectivity index (χ1v) is 23.0. The monoisotopic (exact) mass is 1080 g/mol. The summed E-state index contributed by atoms with van der Waals surface area (Å²) in [5, 5.41) is 6.99. The van der Waals surface area contributed by atoms with Gasteiger partial charge in [0, 0.05) is 89.3 Å². The van der Waals surface area contributed by atoms with Crippen molar-refractivity contribution in [2.24, 2.45) is 0 Å². The summed E-state index contributed by atoms with van der Waals surface area (Å²) in [4.78, 5) is 18.4. The van der Waals surface area contributed by atoms with Crippen LogP contribution in [0.4, 0.5) is 17.3 Å². The zero-order valence-corrected chi connectivity index (χ0v) is 40.1. The average molecular weight is 1080 g/mol. The molecule has 6 heterocycles. The quantitative estimate of drug-likeness (QED) is 0.148. The molecule has 0 radical (unpaired) electrons. The van der Waals surface area contributed by atoms with E-state index < -0.39 is 0 Å². The second-order valence-electron chi connectivity index (χ2n) is 17.5. The van der Waals surface area contributed by atoms with E-state index in [1.165, 1.54) is 21.5 Å². The molecule has 9 nitrogen and oxygen atoms in total. The van der Waals surface area contributed by atoms with E-state index in [1.807, 2.05) is 47.8 Å². The van der Waals surface area contributed by atoms with Crippen LogP contribution in [-0.4, -0.2) is 35.7 Å². The average Bonchev–Trinajstić information content (AvgIpc) is 4.12. The van der Waals surface area contributed by atoms with Crippen molar-refractivity contribution in [1.82, 2.24) is 28.7 Å². The molecule has 10 heteroatoms. The Morgan fingerprint density at radius 1 is 0.486 bits per heavy atom. The van der Waals surface area contributed by atoms with Crippen molar-refractivity contribution in [3.63, 3.8) is 0 Å². The molecule has 0 saturated heterocycles. The topological polar surface area (TPSA) is 69.2 Å². The Hall–Kier alpha value is -8.52. The van der Waals surface area contributed by atoms with Crippen LogP contribution in [0.2, 0.25) is 0 Å². The van der Waals surface area contributed by atoms with Crippen molar-refractivity contribution in [1.29, 1.82) is 0 Å². The second-order valence-corrected chi connectivity index (χ2v) is 17.5. The number of para-hydroxylation sites is 5. The van der Waals surface area contributed by atoms with Crippen molar-refractivity contribution in [3.8, 4) is 39.8 Å². The number of pyridine rings is 1. The van der Waals surface area contributed by atoms with E-state index in [0.717, 1.165) is 95.1 Å². The summed E-state index contributed by atoms with van der Waals surface area (Å²) >= 11 is 0. The van der Waals surface area contributed by atoms with Gasteiger partial charge in [0.15, 0.2) is 0 Å². The van der Waals surface area contributed by atoms with Gasteiger partial charge in [0.25, 0.3) is 0 Å². The van der Waals surface area contributed by atoms with E-state index in [4.69, 9.17) is 9.72 Å². The minimum absolute atomic E-state index is 0. The second kappa shape index (κ2) is 16.3. The molecule has 0 unspecified atom stereocenters. The maximum Gasteiger partial charge on any atom is 0.143 e. The molecule has 1 aliphatic rings. The predicted octanol–water partition coefficient (Wildman–Crippen LogP) is 14.2. The third-order valence-electron chi connectivity index (χ3n) is 13.6. The van der Waals surface area contributed by atoms with E-state index in [0.29, 0.717) is 11.5 Å². The van der Waals surface area contributed by atoms with Crippen LogP contribution in [0, 0.1) is 25.7 Å². The van der Waals surface area contributed by atoms with Gasteiger partial charge >= 0.3 is 0 Å². The minimum atomic E-state index is 0. The number of benzene rings is 8. The number of nitrogens with zero attached hydrogens (tertiary/aromatic N) is 8. The Kier molecular flexibility index (Phi) is 9.71. The number of anilines is 3. The van der Waals surface area contributed by atoms with Gasteiger partial charge in [0.05, 0.1) is 33.4 Å². The van der Waals surface area contributed by atoms with E-state index in [1.54, 1.807) is 12.4 Å². The van der Waals surface area contributed by atoms with Gasteiger partial charge in [-0.25, -0.2) is 15.0 Å². The van der Waals surface area contributed by atoms with E-state index >= 15 is 0 Å². The molecule has 0 aliphatic carbocycles. The fourth-order valence-electron chi connectivity index (χ4n) is 10.6. The Morgan fingerprint density at radius 2 is 0.986 bits per heavy atom. The molecule has 0 saturated carbocycles. The first kappa shape index (κ1) is 41.6. The fraction of sp³-hybridized carbons (Fsp3) is 0.0333. The maximum atomic E-state index is 6.57. The smallest absolute Gasteiger partial charge is 0.143 e. The normalized spacial score (nSPS) is 12.5. The Morgan fingerprint density at radius 3 is 1.56 bits per heavy atom. The summed E-state index contributed by atoms with van der Waals surface area (Å²) in [5.41, 5.74) is 12.6. The first-order valence-electron chi connectivity index (χ1n) is 23.0. The zero-order valence-electron chi connectivity index (χ0n) is 37.9. The summed E-state index contributed by atoms with van der Waals surface area (Å²) in [6.45, 7) is 4.15. The Balaban J connectivity index is 0.00000480. The molecule has 0 spiro atoms. The molecule has 8 aromatic carbocycles. The van der Waals surface area contributed by atoms with Gasteiger partial charge in [-0.1, -0.05) is 108 Å². The molecule has 0 N–H and O–H groups in total. The van der Waals surface area contributed by atoms with Gasteiger partial charge in [-0.15, -0.1) is 42.4 Å². The van der Waals surface area contributed by atoms with Crippen LogP contribution < -0.4 is 14.5 Å². The number of rotatable bonds is 7. The number of ether oxygens (including phenoxy) is 1. The van der Waals surface area contributed by atoms with Crippen LogP contribution in [0.1, 0.15) is 5.56 Å². The first-order chi connectivity index (χ1) is 34.1. The van der Waals surface area contributed by atoms with Crippen LogP contribution in [0.15, 0.2) is 195 Å². The van der Waals surface area contributed by atoms with Crippen LogP contribution in [0.5, 0.6) is 11.5 Å². The van der Waals surface area contributed by atoms with Crippen molar-refractivity contribution < 1.29 is 25.8 Å². The summed E-state index contributed by atoms with van der Waals surface area (Å²) in [6, 6.07) is 69.2. The third-order valence-corrected chi connectivity index (χ3v) is 13.6. The molecular formula is C60H39N8OPt-3. The number of aromatic nitrogens is 6. The van der Waals surface area contributed by atoms with Crippen molar-refractivity contribution in [3.05, 3.63) is 219 Å². The van der Waals surface area contributed by atoms with E-state index in [9.17, 15) is 0 Å². The molecule has 13 aromatic rings. The molecule has 70 heavy (non-hydrogen) atoms. The molecule has 1 aliphatic heterocycles. The summed E-state index contributed by atoms with van der Waals surface area (Å²) in [5.74, 6) is 3.41. The minimum Gasteiger partial charge on any atom is -0.509 e. The molecule has 5 aromatic heterocycles. The molecular weight excluding hydrogens is 1040 g/mol. The van der Waals surface area contributed by atoms with Gasteiger partial charge in [0.2, 0.25) is 0 Å².